The summed E-state index contributed by atoms with van der Waals surface area (Å²) in [4.78, 5) is 24.7. The summed E-state index contributed by atoms with van der Waals surface area (Å²) in [5.74, 6) is -0.552. The van der Waals surface area contributed by atoms with E-state index in [1.165, 1.54) is 31.0 Å². The fourth-order valence-electron chi connectivity index (χ4n) is 4.64. The van der Waals surface area contributed by atoms with Gasteiger partial charge in [-0.2, -0.15) is 0 Å². The van der Waals surface area contributed by atoms with Gasteiger partial charge < -0.3 is 20.5 Å². The number of halogens is 2. The van der Waals surface area contributed by atoms with Crippen LogP contribution in [0.3, 0.4) is 0 Å². The Morgan fingerprint density at radius 3 is 2.83 bits per heavy atom. The number of carbonyl (C=O) groups is 1. The zero-order valence-corrected chi connectivity index (χ0v) is 20.7. The van der Waals surface area contributed by atoms with E-state index in [0.29, 0.717) is 6.61 Å². The lowest BCUT2D eigenvalue weighted by Gasteiger charge is -2.34. The molecule has 1 aromatic rings. The molecule has 1 heterocycles. The third-order valence-electron chi connectivity index (χ3n) is 6.29. The van der Waals surface area contributed by atoms with E-state index >= 15 is 4.39 Å². The van der Waals surface area contributed by atoms with Gasteiger partial charge in [-0.25, -0.2) is 13.8 Å². The molecular formula is C24H27F2N5O3S. The van der Waals surface area contributed by atoms with Crippen LogP contribution in [0.1, 0.15) is 26.3 Å². The maximum absolute atomic E-state index is 15.1. The number of benzene rings is 1. The van der Waals surface area contributed by atoms with Crippen LogP contribution in [-0.4, -0.2) is 48.6 Å². The molecule has 1 aliphatic carbocycles. The van der Waals surface area contributed by atoms with E-state index in [2.05, 4.69) is 32.9 Å². The molecule has 35 heavy (non-hydrogen) atoms. The van der Waals surface area contributed by atoms with Crippen LogP contribution >= 0.6 is 11.8 Å². The molecule has 11 heteroatoms. The maximum atomic E-state index is 15.1. The molecule has 0 radical (unpaired) electrons. The van der Waals surface area contributed by atoms with Gasteiger partial charge in [0, 0.05) is 30.3 Å². The van der Waals surface area contributed by atoms with Gasteiger partial charge in [-0.1, -0.05) is 24.6 Å². The Labute approximate surface area is 207 Å². The number of anilines is 1. The largest absolute Gasteiger partial charge is 0.463 e. The number of thioether (sulfide) groups is 1. The molecule has 3 rings (SSSR count). The van der Waals surface area contributed by atoms with Gasteiger partial charge in [0.25, 0.3) is 5.91 Å². The van der Waals surface area contributed by atoms with E-state index in [1.54, 1.807) is 14.0 Å². The first-order valence-corrected chi connectivity index (χ1v) is 11.5. The number of amidine groups is 1. The molecule has 4 atom stereocenters. The van der Waals surface area contributed by atoms with Crippen LogP contribution < -0.4 is 11.1 Å². The van der Waals surface area contributed by atoms with Crippen LogP contribution in [0.25, 0.3) is 0 Å². The molecule has 1 saturated carbocycles. The van der Waals surface area contributed by atoms with Crippen molar-refractivity contribution in [3.05, 3.63) is 41.4 Å². The minimum atomic E-state index is -1.15. The first-order chi connectivity index (χ1) is 16.5. The molecule has 0 bridgehead atoms. The van der Waals surface area contributed by atoms with Gasteiger partial charge in [-0.15, -0.1) is 6.42 Å². The van der Waals surface area contributed by atoms with Crippen molar-refractivity contribution in [1.82, 2.24) is 0 Å². The van der Waals surface area contributed by atoms with E-state index in [9.17, 15) is 9.18 Å². The molecule has 1 fully saturated rings. The van der Waals surface area contributed by atoms with Gasteiger partial charge in [0.15, 0.2) is 23.4 Å². The predicted octanol–water partition coefficient (Wildman–Crippen LogP) is 3.44. The Kier molecular flexibility index (Phi) is 7.67. The summed E-state index contributed by atoms with van der Waals surface area (Å²) in [6, 6.07) is 2.28. The highest BCUT2D eigenvalue weighted by Gasteiger charge is 2.72. The molecule has 1 aliphatic heterocycles. The van der Waals surface area contributed by atoms with Crippen LogP contribution in [0.2, 0.25) is 0 Å². The van der Waals surface area contributed by atoms with Gasteiger partial charge in [-0.3, -0.25) is 14.8 Å². The lowest BCUT2D eigenvalue weighted by Crippen LogP contribution is -2.38. The van der Waals surface area contributed by atoms with Crippen molar-refractivity contribution in [2.45, 2.75) is 31.1 Å². The Morgan fingerprint density at radius 2 is 2.20 bits per heavy atom. The Morgan fingerprint density at radius 1 is 1.49 bits per heavy atom. The van der Waals surface area contributed by atoms with Crippen LogP contribution in [0.15, 0.2) is 39.2 Å². The first-order valence-electron chi connectivity index (χ1n) is 10.7. The number of aliphatic imine (C=N–C) groups is 3. The molecular weight excluding hydrogens is 476 g/mol. The number of amides is 1. The van der Waals surface area contributed by atoms with Gasteiger partial charge in [0.05, 0.1) is 23.1 Å². The van der Waals surface area contributed by atoms with Gasteiger partial charge in [0.1, 0.15) is 5.71 Å². The summed E-state index contributed by atoms with van der Waals surface area (Å²) < 4.78 is 39.9. The van der Waals surface area contributed by atoms with Crippen molar-refractivity contribution in [2.24, 2.45) is 32.5 Å². The molecule has 1 amide bonds. The van der Waals surface area contributed by atoms with Gasteiger partial charge >= 0.3 is 0 Å². The fraction of sp³-hybridized carbons (Fsp3) is 0.417. The highest BCUT2D eigenvalue weighted by Crippen LogP contribution is 2.69. The number of hydrogen-bond acceptors (Lipinski definition) is 8. The zero-order chi connectivity index (χ0) is 26.0. The number of fused-ring (bicyclic) bond motifs is 1. The topological polar surface area (TPSA) is 111 Å². The Hall–Kier alpha value is -3.23. The normalized spacial score (nSPS) is 27.9. The molecule has 3 N–H and O–H groups in total. The van der Waals surface area contributed by atoms with E-state index in [-0.39, 0.29) is 51.2 Å². The Balaban J connectivity index is 1.92. The maximum Gasteiger partial charge on any atom is 0.269 e. The SMILES string of the molecule is C#CCO/C(=C/N=C(\C)C(=O)Nc1cc(F)c(F)c([C@@]2(C)N=C(N)S[C@]3(COC)[C@H]2[C@@H]3C)c1)N=C. The number of rotatable bonds is 9. The summed E-state index contributed by atoms with van der Waals surface area (Å²) in [5.41, 5.74) is 5.02. The summed E-state index contributed by atoms with van der Waals surface area (Å²) in [6.07, 6.45) is 6.30. The monoisotopic (exact) mass is 503 g/mol. The number of methoxy groups -OCH3 is 1. The minimum absolute atomic E-state index is 0.00111. The first kappa shape index (κ1) is 26.4. The van der Waals surface area contributed by atoms with Crippen molar-refractivity contribution >= 4 is 41.0 Å². The number of nitrogens with one attached hydrogen (secondary N) is 1. The second kappa shape index (κ2) is 10.2. The number of nitrogens with zero attached hydrogens (tertiary/aromatic N) is 3. The number of carbonyl (C=O) groups excluding carboxylic acids is 1. The lowest BCUT2D eigenvalue weighted by molar-refractivity contribution is -0.110. The van der Waals surface area contributed by atoms with Crippen LogP contribution in [0.5, 0.6) is 0 Å². The average Bonchev–Trinajstić information content (AvgIpc) is 3.39. The minimum Gasteiger partial charge on any atom is -0.463 e. The molecule has 186 valence electrons. The molecule has 0 spiro atoms. The number of ether oxygens (including phenoxy) is 2. The van der Waals surface area contributed by atoms with Crippen molar-refractivity contribution in [3.63, 3.8) is 0 Å². The van der Waals surface area contributed by atoms with Gasteiger partial charge in [-0.05, 0) is 32.5 Å². The smallest absolute Gasteiger partial charge is 0.269 e. The highest BCUT2D eigenvalue weighted by molar-refractivity contribution is 8.15. The Bertz CT molecular complexity index is 1180. The molecule has 0 unspecified atom stereocenters. The third-order valence-corrected chi connectivity index (χ3v) is 7.71. The van der Waals surface area contributed by atoms with E-state index in [1.807, 2.05) is 6.92 Å². The van der Waals surface area contributed by atoms with Crippen molar-refractivity contribution in [3.8, 4) is 12.3 Å². The second-order valence-electron chi connectivity index (χ2n) is 8.46. The summed E-state index contributed by atoms with van der Waals surface area (Å²) in [7, 11) is 1.58. The summed E-state index contributed by atoms with van der Waals surface area (Å²) in [5, 5.41) is 2.81. The van der Waals surface area contributed by atoms with E-state index in [0.717, 1.165) is 6.07 Å². The summed E-state index contributed by atoms with van der Waals surface area (Å²) in [6.45, 7) is 8.85. The fourth-order valence-corrected chi connectivity index (χ4v) is 6.26. The van der Waals surface area contributed by atoms with Crippen LogP contribution in [0, 0.1) is 35.8 Å². The zero-order valence-electron chi connectivity index (χ0n) is 19.9. The lowest BCUT2D eigenvalue weighted by atomic mass is 9.84. The standard InChI is InChI=1S/C24H27F2N5O3S/c1-7-8-34-18(28-5)11-29-14(3)21(32)30-15-9-16(19(26)17(25)10-15)23(4)20-13(2)24(20,12-33-6)35-22(27)31-23/h1,9-11,13,20H,5,8,12H2,2-4,6H3,(H2,27,31)(H,30,32)/b18-11+,29-14+/t13-,20-,23+,24-/m0/s1. The van der Waals surface area contributed by atoms with Crippen LogP contribution in [-0.2, 0) is 19.8 Å². The van der Waals surface area contributed by atoms with Crippen molar-refractivity contribution in [2.75, 3.05) is 25.6 Å². The third kappa shape index (κ3) is 4.94. The molecule has 0 saturated heterocycles. The van der Waals surface area contributed by atoms with Crippen molar-refractivity contribution in [1.29, 1.82) is 0 Å². The molecule has 1 aromatic carbocycles. The number of hydrogen-bond donors (Lipinski definition) is 2. The number of nitrogens with two attached hydrogens (primary N) is 1. The van der Waals surface area contributed by atoms with Crippen LogP contribution in [0.4, 0.5) is 14.5 Å². The molecule has 2 aliphatic rings. The number of terminal acetylenes is 1. The van der Waals surface area contributed by atoms with E-state index in [4.69, 9.17) is 21.6 Å². The van der Waals surface area contributed by atoms with Gasteiger partial charge in [0.2, 0.25) is 5.88 Å². The molecule has 0 aromatic heterocycles. The second-order valence-corrected chi connectivity index (χ2v) is 9.84. The van der Waals surface area contributed by atoms with E-state index < -0.39 is 23.1 Å². The quantitative estimate of drug-likeness (QED) is 0.305. The highest BCUT2D eigenvalue weighted by atomic mass is 32.2. The van der Waals surface area contributed by atoms with Crippen molar-refractivity contribution < 1.29 is 23.0 Å². The summed E-state index contributed by atoms with van der Waals surface area (Å²) >= 11 is 1.40. The molecule has 8 nitrogen and oxygen atoms in total. The average molecular weight is 504 g/mol. The predicted molar refractivity (Wildman–Crippen MR) is 134 cm³/mol.